The molecule has 0 N–H and O–H groups in total. The monoisotopic (exact) mass is 304 g/mol. The van der Waals surface area contributed by atoms with Crippen molar-refractivity contribution in [2.75, 3.05) is 19.8 Å². The highest BCUT2D eigenvalue weighted by Gasteiger charge is 2.15. The molecule has 1 unspecified atom stereocenters. The van der Waals surface area contributed by atoms with E-state index < -0.39 is 0 Å². The summed E-state index contributed by atoms with van der Waals surface area (Å²) in [6, 6.07) is 8.14. The van der Waals surface area contributed by atoms with Gasteiger partial charge in [-0.05, 0) is 53.3 Å². The lowest BCUT2D eigenvalue weighted by Crippen LogP contribution is -2.11. The molecule has 0 radical (unpaired) electrons. The summed E-state index contributed by atoms with van der Waals surface area (Å²) in [6.45, 7) is 2.52. The number of ether oxygens (including phenoxy) is 2. The lowest BCUT2D eigenvalue weighted by Gasteiger charge is -2.09. The van der Waals surface area contributed by atoms with Gasteiger partial charge in [0.15, 0.2) is 0 Å². The Morgan fingerprint density at radius 3 is 2.79 bits per heavy atom. The molecule has 76 valence electrons. The summed E-state index contributed by atoms with van der Waals surface area (Å²) in [7, 11) is 0. The lowest BCUT2D eigenvalue weighted by atomic mass is 10.1. The molecule has 0 bridgehead atoms. The summed E-state index contributed by atoms with van der Waals surface area (Å²) in [5, 5.41) is 0. The van der Waals surface area contributed by atoms with Gasteiger partial charge in [-0.25, -0.2) is 0 Å². The molecule has 0 amide bonds. The molecule has 1 saturated heterocycles. The molecule has 1 aromatic carbocycles. The topological polar surface area (TPSA) is 18.5 Å². The van der Waals surface area contributed by atoms with Gasteiger partial charge in [-0.2, -0.15) is 0 Å². The summed E-state index contributed by atoms with van der Waals surface area (Å²) < 4.78 is 12.2. The standard InChI is InChI=1S/C11H13IO2/c12-10-1-3-11(4-2-10)14-8-9-5-6-13-7-9/h1-4,9H,5-8H2. The summed E-state index contributed by atoms with van der Waals surface area (Å²) in [6.07, 6.45) is 1.13. The van der Waals surface area contributed by atoms with Gasteiger partial charge in [0.2, 0.25) is 0 Å². The Morgan fingerprint density at radius 2 is 2.14 bits per heavy atom. The van der Waals surface area contributed by atoms with Crippen molar-refractivity contribution in [2.24, 2.45) is 5.92 Å². The van der Waals surface area contributed by atoms with Gasteiger partial charge in [-0.3, -0.25) is 0 Å². The molecule has 1 atom stereocenters. The van der Waals surface area contributed by atoms with E-state index in [1.54, 1.807) is 0 Å². The Hall–Kier alpha value is -0.290. The molecule has 2 nitrogen and oxygen atoms in total. The third-order valence-corrected chi connectivity index (χ3v) is 3.04. The Bertz CT molecular complexity index is 278. The number of benzene rings is 1. The third-order valence-electron chi connectivity index (χ3n) is 2.32. The number of hydrogen-bond donors (Lipinski definition) is 0. The molecular weight excluding hydrogens is 291 g/mol. The van der Waals surface area contributed by atoms with Gasteiger partial charge < -0.3 is 9.47 Å². The van der Waals surface area contributed by atoms with Crippen molar-refractivity contribution in [3.05, 3.63) is 27.8 Å². The Kier molecular flexibility index (Phi) is 3.64. The lowest BCUT2D eigenvalue weighted by molar-refractivity contribution is 0.167. The van der Waals surface area contributed by atoms with Gasteiger partial charge in [0, 0.05) is 16.1 Å². The zero-order valence-electron chi connectivity index (χ0n) is 7.91. The molecule has 1 fully saturated rings. The van der Waals surface area contributed by atoms with Crippen molar-refractivity contribution in [1.82, 2.24) is 0 Å². The minimum absolute atomic E-state index is 0.578. The Morgan fingerprint density at radius 1 is 1.36 bits per heavy atom. The van der Waals surface area contributed by atoms with Gasteiger partial charge in [0.1, 0.15) is 5.75 Å². The molecule has 0 spiro atoms. The van der Waals surface area contributed by atoms with Crippen LogP contribution in [0.2, 0.25) is 0 Å². The van der Waals surface area contributed by atoms with Crippen molar-refractivity contribution in [2.45, 2.75) is 6.42 Å². The smallest absolute Gasteiger partial charge is 0.119 e. The molecule has 1 aromatic rings. The summed E-state index contributed by atoms with van der Waals surface area (Å²) >= 11 is 2.29. The fourth-order valence-electron chi connectivity index (χ4n) is 1.46. The average molecular weight is 304 g/mol. The van der Waals surface area contributed by atoms with Crippen LogP contribution in [0.3, 0.4) is 0 Å². The second-order valence-electron chi connectivity index (χ2n) is 3.49. The van der Waals surface area contributed by atoms with Gasteiger partial charge in [0.05, 0.1) is 13.2 Å². The first-order valence-corrected chi connectivity index (χ1v) is 5.88. The van der Waals surface area contributed by atoms with Crippen molar-refractivity contribution >= 4 is 22.6 Å². The Balaban J connectivity index is 1.82. The molecule has 0 saturated carbocycles. The average Bonchev–Trinajstić information content (AvgIpc) is 2.70. The largest absolute Gasteiger partial charge is 0.493 e. The number of rotatable bonds is 3. The highest BCUT2D eigenvalue weighted by molar-refractivity contribution is 14.1. The molecule has 2 rings (SSSR count). The maximum Gasteiger partial charge on any atom is 0.119 e. The first-order valence-electron chi connectivity index (χ1n) is 4.81. The number of halogens is 1. The van der Waals surface area contributed by atoms with Gasteiger partial charge in [-0.1, -0.05) is 0 Å². The predicted octanol–water partition coefficient (Wildman–Crippen LogP) is 2.71. The second kappa shape index (κ2) is 4.98. The highest BCUT2D eigenvalue weighted by atomic mass is 127. The van der Waals surface area contributed by atoms with Crippen LogP contribution in [0.5, 0.6) is 5.75 Å². The molecule has 3 heteroatoms. The number of hydrogen-bond acceptors (Lipinski definition) is 2. The van der Waals surface area contributed by atoms with Crippen LogP contribution in [0.25, 0.3) is 0 Å². The van der Waals surface area contributed by atoms with Gasteiger partial charge in [-0.15, -0.1) is 0 Å². The van der Waals surface area contributed by atoms with Crippen LogP contribution in [0, 0.1) is 9.49 Å². The maximum absolute atomic E-state index is 5.66. The zero-order valence-corrected chi connectivity index (χ0v) is 10.1. The first kappa shape index (κ1) is 10.2. The normalized spacial score (nSPS) is 21.1. The predicted molar refractivity (Wildman–Crippen MR) is 63.6 cm³/mol. The van der Waals surface area contributed by atoms with Gasteiger partial charge in [0.25, 0.3) is 0 Å². The minimum atomic E-state index is 0.578. The minimum Gasteiger partial charge on any atom is -0.493 e. The summed E-state index contributed by atoms with van der Waals surface area (Å²) in [5.41, 5.74) is 0. The van der Waals surface area contributed by atoms with E-state index in [1.807, 2.05) is 12.1 Å². The van der Waals surface area contributed by atoms with E-state index in [-0.39, 0.29) is 0 Å². The fourth-order valence-corrected chi connectivity index (χ4v) is 1.82. The second-order valence-corrected chi connectivity index (χ2v) is 4.74. The van der Waals surface area contributed by atoms with Crippen molar-refractivity contribution in [3.8, 4) is 5.75 Å². The fraction of sp³-hybridized carbons (Fsp3) is 0.455. The molecule has 0 aromatic heterocycles. The van der Waals surface area contributed by atoms with E-state index in [0.717, 1.165) is 32.0 Å². The zero-order chi connectivity index (χ0) is 9.80. The maximum atomic E-state index is 5.66. The molecular formula is C11H13IO2. The van der Waals surface area contributed by atoms with E-state index in [2.05, 4.69) is 34.7 Å². The summed E-state index contributed by atoms with van der Waals surface area (Å²) in [4.78, 5) is 0. The van der Waals surface area contributed by atoms with Crippen LogP contribution in [0.1, 0.15) is 6.42 Å². The van der Waals surface area contributed by atoms with Crippen LogP contribution in [0.15, 0.2) is 24.3 Å². The van der Waals surface area contributed by atoms with Crippen molar-refractivity contribution in [1.29, 1.82) is 0 Å². The molecule has 0 aliphatic carbocycles. The first-order chi connectivity index (χ1) is 6.84. The SMILES string of the molecule is Ic1ccc(OCC2CCOC2)cc1. The quantitative estimate of drug-likeness (QED) is 0.800. The molecule has 14 heavy (non-hydrogen) atoms. The van der Waals surface area contributed by atoms with E-state index in [4.69, 9.17) is 9.47 Å². The van der Waals surface area contributed by atoms with Crippen LogP contribution in [0.4, 0.5) is 0 Å². The van der Waals surface area contributed by atoms with E-state index in [9.17, 15) is 0 Å². The van der Waals surface area contributed by atoms with Crippen LogP contribution in [-0.2, 0) is 4.74 Å². The van der Waals surface area contributed by atoms with Crippen LogP contribution < -0.4 is 4.74 Å². The van der Waals surface area contributed by atoms with E-state index >= 15 is 0 Å². The highest BCUT2D eigenvalue weighted by Crippen LogP contribution is 2.17. The third kappa shape index (κ3) is 2.85. The van der Waals surface area contributed by atoms with E-state index in [1.165, 1.54) is 3.57 Å². The molecule has 1 aliphatic rings. The van der Waals surface area contributed by atoms with Gasteiger partial charge >= 0.3 is 0 Å². The molecule has 1 aliphatic heterocycles. The summed E-state index contributed by atoms with van der Waals surface area (Å²) in [5.74, 6) is 1.53. The van der Waals surface area contributed by atoms with Crippen molar-refractivity contribution in [3.63, 3.8) is 0 Å². The van der Waals surface area contributed by atoms with Crippen LogP contribution >= 0.6 is 22.6 Å². The van der Waals surface area contributed by atoms with E-state index in [0.29, 0.717) is 5.92 Å². The molecule has 1 heterocycles. The Labute approximate surface area is 97.7 Å². The van der Waals surface area contributed by atoms with Crippen molar-refractivity contribution < 1.29 is 9.47 Å². The van der Waals surface area contributed by atoms with Crippen LogP contribution in [-0.4, -0.2) is 19.8 Å².